The van der Waals surface area contributed by atoms with Gasteiger partial charge in [-0.1, -0.05) is 6.07 Å². The minimum absolute atomic E-state index is 0.0456. The Hall–Kier alpha value is -2.47. The molecule has 138 valence electrons. The van der Waals surface area contributed by atoms with Crippen LogP contribution in [0.15, 0.2) is 47.5 Å². The van der Waals surface area contributed by atoms with Crippen LogP contribution in [0.25, 0.3) is 0 Å². The summed E-state index contributed by atoms with van der Waals surface area (Å²) in [6.07, 6.45) is 6.43. The minimum atomic E-state index is -0.154. The summed E-state index contributed by atoms with van der Waals surface area (Å²) in [5, 5.41) is 0. The summed E-state index contributed by atoms with van der Waals surface area (Å²) in [4.78, 5) is 33.1. The second-order valence-corrected chi connectivity index (χ2v) is 6.98. The number of aromatic nitrogens is 2. The van der Waals surface area contributed by atoms with Crippen LogP contribution in [0, 0.1) is 0 Å². The van der Waals surface area contributed by atoms with E-state index in [9.17, 15) is 9.59 Å². The van der Waals surface area contributed by atoms with Crippen molar-refractivity contribution in [3.63, 3.8) is 0 Å². The Labute approximate surface area is 154 Å². The van der Waals surface area contributed by atoms with Crippen molar-refractivity contribution < 1.29 is 4.79 Å². The third-order valence-corrected chi connectivity index (χ3v) is 5.10. The van der Waals surface area contributed by atoms with Crippen LogP contribution in [0.5, 0.6) is 0 Å². The number of carbonyl (C=O) groups excluding carboxylic acids is 1. The van der Waals surface area contributed by atoms with Gasteiger partial charge in [0.1, 0.15) is 0 Å². The minimum Gasteiger partial charge on any atom is -0.339 e. The average Bonchev–Trinajstić information content (AvgIpc) is 2.90. The molecular formula is C20H26N4O2. The largest absolute Gasteiger partial charge is 0.339 e. The molecule has 3 rings (SSSR count). The summed E-state index contributed by atoms with van der Waals surface area (Å²) < 4.78 is 1.47. The van der Waals surface area contributed by atoms with E-state index in [0.29, 0.717) is 18.2 Å². The molecule has 3 heterocycles. The van der Waals surface area contributed by atoms with Crippen molar-refractivity contribution in [2.45, 2.75) is 31.8 Å². The molecule has 1 aliphatic rings. The molecule has 1 aliphatic heterocycles. The molecule has 1 amide bonds. The average molecular weight is 354 g/mol. The molecule has 6 nitrogen and oxygen atoms in total. The highest BCUT2D eigenvalue weighted by Crippen LogP contribution is 2.18. The fourth-order valence-corrected chi connectivity index (χ4v) is 3.46. The van der Waals surface area contributed by atoms with E-state index < -0.39 is 0 Å². The van der Waals surface area contributed by atoms with E-state index in [2.05, 4.69) is 16.9 Å². The van der Waals surface area contributed by atoms with Gasteiger partial charge >= 0.3 is 0 Å². The molecule has 0 unspecified atom stereocenters. The van der Waals surface area contributed by atoms with Gasteiger partial charge in [0.25, 0.3) is 11.5 Å². The van der Waals surface area contributed by atoms with Crippen LogP contribution < -0.4 is 5.56 Å². The highest BCUT2D eigenvalue weighted by Gasteiger charge is 2.24. The van der Waals surface area contributed by atoms with Crippen LogP contribution in [0.2, 0.25) is 0 Å². The van der Waals surface area contributed by atoms with E-state index in [1.807, 2.05) is 29.3 Å². The summed E-state index contributed by atoms with van der Waals surface area (Å²) in [6.45, 7) is 2.27. The molecule has 26 heavy (non-hydrogen) atoms. The second-order valence-electron chi connectivity index (χ2n) is 6.98. The van der Waals surface area contributed by atoms with Crippen LogP contribution in [-0.2, 0) is 13.6 Å². The number of amides is 1. The van der Waals surface area contributed by atoms with Crippen molar-refractivity contribution >= 4 is 5.91 Å². The summed E-state index contributed by atoms with van der Waals surface area (Å²) >= 11 is 0. The summed E-state index contributed by atoms with van der Waals surface area (Å²) in [5.74, 6) is -0.0456. The van der Waals surface area contributed by atoms with Crippen molar-refractivity contribution in [2.24, 2.45) is 7.05 Å². The molecule has 0 N–H and O–H groups in total. The van der Waals surface area contributed by atoms with E-state index in [-0.39, 0.29) is 11.5 Å². The Morgan fingerprint density at radius 2 is 2.12 bits per heavy atom. The van der Waals surface area contributed by atoms with Crippen LogP contribution in [0.1, 0.15) is 35.3 Å². The molecule has 2 aromatic rings. The SMILES string of the molecule is CN(Cc1ccccn1)[C@@H]1CCCN(C(=O)c2ccn(C)c(=O)c2)CC1. The fourth-order valence-electron chi connectivity index (χ4n) is 3.46. The smallest absolute Gasteiger partial charge is 0.254 e. The van der Waals surface area contributed by atoms with Gasteiger partial charge in [-0.05, 0) is 44.5 Å². The Bertz CT molecular complexity index is 803. The number of aryl methyl sites for hydroxylation is 1. The van der Waals surface area contributed by atoms with Crippen molar-refractivity contribution in [1.29, 1.82) is 0 Å². The van der Waals surface area contributed by atoms with Gasteiger partial charge in [-0.15, -0.1) is 0 Å². The lowest BCUT2D eigenvalue weighted by atomic mass is 10.1. The highest BCUT2D eigenvalue weighted by molar-refractivity contribution is 5.94. The van der Waals surface area contributed by atoms with Gasteiger partial charge < -0.3 is 9.47 Å². The third-order valence-electron chi connectivity index (χ3n) is 5.10. The van der Waals surface area contributed by atoms with Crippen LogP contribution in [0.3, 0.4) is 0 Å². The van der Waals surface area contributed by atoms with Gasteiger partial charge in [-0.25, -0.2) is 0 Å². The number of hydrogen-bond donors (Lipinski definition) is 0. The molecule has 1 saturated heterocycles. The molecular weight excluding hydrogens is 328 g/mol. The third kappa shape index (κ3) is 4.38. The predicted octanol–water partition coefficient (Wildman–Crippen LogP) is 1.91. The number of hydrogen-bond acceptors (Lipinski definition) is 4. The molecule has 0 spiro atoms. The predicted molar refractivity (Wildman–Crippen MR) is 101 cm³/mol. The molecule has 0 aliphatic carbocycles. The van der Waals surface area contributed by atoms with E-state index in [1.165, 1.54) is 10.6 Å². The Balaban J connectivity index is 1.61. The topological polar surface area (TPSA) is 58.4 Å². The van der Waals surface area contributed by atoms with Crippen LogP contribution in [0.4, 0.5) is 0 Å². The van der Waals surface area contributed by atoms with E-state index in [0.717, 1.165) is 38.0 Å². The first kappa shape index (κ1) is 18.3. The van der Waals surface area contributed by atoms with Gasteiger partial charge in [0.05, 0.1) is 5.69 Å². The number of pyridine rings is 2. The van der Waals surface area contributed by atoms with Gasteiger partial charge in [-0.3, -0.25) is 19.5 Å². The van der Waals surface area contributed by atoms with Gasteiger partial charge in [0.2, 0.25) is 0 Å². The Kier molecular flexibility index (Phi) is 5.83. The van der Waals surface area contributed by atoms with Crippen molar-refractivity contribution in [3.05, 3.63) is 64.3 Å². The van der Waals surface area contributed by atoms with Gasteiger partial charge in [0, 0.05) is 56.7 Å². The van der Waals surface area contributed by atoms with Crippen LogP contribution >= 0.6 is 0 Å². The van der Waals surface area contributed by atoms with Crippen LogP contribution in [-0.4, -0.2) is 51.4 Å². The van der Waals surface area contributed by atoms with Crippen molar-refractivity contribution in [1.82, 2.24) is 19.4 Å². The van der Waals surface area contributed by atoms with E-state index in [1.54, 1.807) is 19.3 Å². The lowest BCUT2D eigenvalue weighted by Gasteiger charge is -2.27. The Morgan fingerprint density at radius 3 is 2.85 bits per heavy atom. The molecule has 1 atom stereocenters. The molecule has 0 radical (unpaired) electrons. The standard InChI is InChI=1S/C20H26N4O2/c1-22-12-8-16(14-19(22)25)20(26)24-11-5-7-18(9-13-24)23(2)15-17-6-3-4-10-21-17/h3-4,6,8,10,12,14,18H,5,7,9,11,13,15H2,1-2H3/t18-/m1/s1. The zero-order chi connectivity index (χ0) is 18.5. The number of likely N-dealkylation sites (tertiary alicyclic amines) is 1. The zero-order valence-electron chi connectivity index (χ0n) is 15.5. The first-order chi connectivity index (χ1) is 12.5. The molecule has 0 bridgehead atoms. The maximum Gasteiger partial charge on any atom is 0.254 e. The summed E-state index contributed by atoms with van der Waals surface area (Å²) in [7, 11) is 3.81. The first-order valence-electron chi connectivity index (χ1n) is 9.10. The summed E-state index contributed by atoms with van der Waals surface area (Å²) in [5.41, 5.74) is 1.39. The van der Waals surface area contributed by atoms with Gasteiger partial charge in [0.15, 0.2) is 0 Å². The lowest BCUT2D eigenvalue weighted by molar-refractivity contribution is 0.0757. The molecule has 6 heteroatoms. The number of nitrogens with zero attached hydrogens (tertiary/aromatic N) is 4. The molecule has 0 aromatic carbocycles. The van der Waals surface area contributed by atoms with Gasteiger partial charge in [-0.2, -0.15) is 0 Å². The maximum absolute atomic E-state index is 12.7. The molecule has 2 aromatic heterocycles. The first-order valence-corrected chi connectivity index (χ1v) is 9.10. The highest BCUT2D eigenvalue weighted by atomic mass is 16.2. The Morgan fingerprint density at radius 1 is 1.27 bits per heavy atom. The molecule has 1 fully saturated rings. The normalized spacial score (nSPS) is 18.0. The lowest BCUT2D eigenvalue weighted by Crippen LogP contribution is -2.35. The van der Waals surface area contributed by atoms with E-state index >= 15 is 0 Å². The monoisotopic (exact) mass is 354 g/mol. The van der Waals surface area contributed by atoms with Crippen molar-refractivity contribution in [2.75, 3.05) is 20.1 Å². The number of carbonyl (C=O) groups is 1. The number of rotatable bonds is 4. The molecule has 0 saturated carbocycles. The van der Waals surface area contributed by atoms with E-state index in [4.69, 9.17) is 0 Å². The maximum atomic E-state index is 12.7. The fraction of sp³-hybridized carbons (Fsp3) is 0.450. The zero-order valence-corrected chi connectivity index (χ0v) is 15.5. The van der Waals surface area contributed by atoms with Crippen molar-refractivity contribution in [3.8, 4) is 0 Å². The quantitative estimate of drug-likeness (QED) is 0.842. The summed E-state index contributed by atoms with van der Waals surface area (Å²) in [6, 6.07) is 9.55. The second kappa shape index (κ2) is 8.27.